The maximum atomic E-state index is 12.3. The number of nitrogens with zero attached hydrogens (tertiary/aromatic N) is 7. The largest absolute Gasteiger partial charge is 0.489 e. The third kappa shape index (κ3) is 35.6. The number of aromatic nitrogens is 6. The van der Waals surface area contributed by atoms with Crippen molar-refractivity contribution in [1.82, 2.24) is 45.4 Å². The monoisotopic (exact) mass is 1580 g/mol. The minimum atomic E-state index is -0.521. The van der Waals surface area contributed by atoms with Crippen molar-refractivity contribution in [2.24, 2.45) is 5.73 Å². The topological polar surface area (TPSA) is 258 Å². The van der Waals surface area contributed by atoms with Crippen molar-refractivity contribution in [2.75, 3.05) is 32.8 Å². The van der Waals surface area contributed by atoms with Gasteiger partial charge in [0, 0.05) is 126 Å². The normalized spacial score (nSPS) is 16.9. The highest BCUT2D eigenvalue weighted by molar-refractivity contribution is 9.08. The lowest BCUT2D eigenvalue weighted by atomic mass is 10.1. The van der Waals surface area contributed by atoms with Crippen molar-refractivity contribution in [1.29, 1.82) is 0 Å². The highest BCUT2D eigenvalue weighted by atomic mass is 79.9. The summed E-state index contributed by atoms with van der Waals surface area (Å²) in [6.07, 6.45) is 18.2. The average molecular weight is 1580 g/mol. The van der Waals surface area contributed by atoms with E-state index in [0.717, 1.165) is 123 Å². The number of aliphatic hydroxyl groups excluding tert-OH is 3. The van der Waals surface area contributed by atoms with Crippen molar-refractivity contribution in [3.63, 3.8) is 0 Å². The lowest BCUT2D eigenvalue weighted by molar-refractivity contribution is 0.0177. The van der Waals surface area contributed by atoms with E-state index in [9.17, 15) is 9.90 Å². The molecule has 7 N–H and O–H groups in total. The Balaban J connectivity index is 0.000000384. The number of aryl methyl sites for hydroxylation is 1. The Kier molecular flexibility index (Phi) is 44.5. The molecule has 0 aliphatic carbocycles. The lowest BCUT2D eigenvalue weighted by Crippen LogP contribution is -2.40. The van der Waals surface area contributed by atoms with Crippen LogP contribution in [0.15, 0.2) is 73.6 Å². The van der Waals surface area contributed by atoms with Crippen LogP contribution in [0.1, 0.15) is 154 Å². The second kappa shape index (κ2) is 48.2. The van der Waals surface area contributed by atoms with Crippen molar-refractivity contribution >= 4 is 126 Å². The minimum Gasteiger partial charge on any atom is -0.489 e. The van der Waals surface area contributed by atoms with Crippen LogP contribution in [0.25, 0.3) is 0 Å². The predicted molar refractivity (Wildman–Crippen MR) is 395 cm³/mol. The van der Waals surface area contributed by atoms with Gasteiger partial charge in [-0.3, -0.25) is 4.90 Å². The van der Waals surface area contributed by atoms with Crippen LogP contribution in [0.2, 0.25) is 46.0 Å². The van der Waals surface area contributed by atoms with Crippen LogP contribution in [0, 0.1) is 0 Å². The predicted octanol–water partition coefficient (Wildman–Crippen LogP) is 17.4. The molecule has 96 heavy (non-hydrogen) atoms. The molecule has 1 saturated heterocycles. The number of alkyl halides is 1. The molecule has 1 amide bonds. The fourth-order valence-corrected chi connectivity index (χ4v) is 10.4. The van der Waals surface area contributed by atoms with Gasteiger partial charge in [-0.1, -0.05) is 169 Å². The maximum absolute atomic E-state index is 12.3. The van der Waals surface area contributed by atoms with E-state index in [4.69, 9.17) is 144 Å². The molecular weight excluding hydrogens is 1490 g/mol. The van der Waals surface area contributed by atoms with E-state index >= 15 is 0 Å². The molecule has 536 valence electrons. The molecule has 6 aromatic rings. The Morgan fingerprint density at radius 3 is 1.34 bits per heavy atom. The Labute approximate surface area is 620 Å². The number of ether oxygens (including phenoxy) is 5. The summed E-state index contributed by atoms with van der Waals surface area (Å²) in [6, 6.07) is 10.0. The van der Waals surface area contributed by atoms with Crippen LogP contribution >= 0.6 is 120 Å². The van der Waals surface area contributed by atoms with E-state index in [0.29, 0.717) is 88.4 Å². The summed E-state index contributed by atoms with van der Waals surface area (Å²) >= 11 is 55.0. The number of hydrogen-bond donors (Lipinski definition) is 6. The van der Waals surface area contributed by atoms with Gasteiger partial charge in [-0.05, 0) is 108 Å². The number of nitrogens with one attached hydrogen (secondary N) is 2. The quantitative estimate of drug-likeness (QED) is 0.0357. The molecule has 0 unspecified atom stereocenters. The van der Waals surface area contributed by atoms with E-state index in [1.807, 2.05) is 41.5 Å². The molecule has 29 heteroatoms. The summed E-state index contributed by atoms with van der Waals surface area (Å²) < 4.78 is 27.8. The Bertz CT molecular complexity index is 3080. The molecule has 6 aromatic heterocycles. The average Bonchev–Trinajstić information content (AvgIpc) is 1.81. The minimum absolute atomic E-state index is 0. The van der Waals surface area contributed by atoms with Crippen LogP contribution in [0.3, 0.4) is 0 Å². The third-order valence-electron chi connectivity index (χ3n) is 13.8. The SMILES string of the molecule is C.CC[C@@H](O)CCCc1cnc(Cl)cc1Cl.CC[C@@H](O)CN.CC[C@@H]1CN(C(=O)OC(C)(C)C)Cc2cnc(Cl)cc2O1.CC[C@@H]1CNCc2cnc(Cl)cc2O1.CC[C@@H]1CNCc2cnc(Cl)cc2O1.CC[C@@H]1CO1.Clc1cc(Cl)c(CBr)cn1.OCc1cnc(Cl)cc1Cl. The third-order valence-corrected chi connectivity index (χ3v) is 16.7. The molecule has 10 rings (SSSR count). The highest BCUT2D eigenvalue weighted by Crippen LogP contribution is 2.30. The number of carbonyl (C=O) groups excluding carboxylic acids is 1. The van der Waals surface area contributed by atoms with Crippen molar-refractivity contribution in [3.8, 4) is 17.2 Å². The van der Waals surface area contributed by atoms with Crippen molar-refractivity contribution in [2.45, 2.75) is 201 Å². The van der Waals surface area contributed by atoms with Crippen LogP contribution in [0.4, 0.5) is 4.79 Å². The zero-order valence-electron chi connectivity index (χ0n) is 55.1. The molecule has 0 radical (unpaired) electrons. The lowest BCUT2D eigenvalue weighted by Gasteiger charge is -2.27. The molecular formula is C67H94BrCl9N10O9. The molecule has 0 spiro atoms. The number of pyridine rings is 6. The zero-order valence-corrected chi connectivity index (χ0v) is 63.5. The summed E-state index contributed by atoms with van der Waals surface area (Å²) in [5.74, 6) is 2.41. The van der Waals surface area contributed by atoms with Gasteiger partial charge in [0.2, 0.25) is 0 Å². The van der Waals surface area contributed by atoms with Crippen molar-refractivity contribution < 1.29 is 43.8 Å². The number of aliphatic hydroxyl groups is 3. The zero-order chi connectivity index (χ0) is 70.6. The Morgan fingerprint density at radius 1 is 0.604 bits per heavy atom. The van der Waals surface area contributed by atoms with E-state index in [1.54, 1.807) is 66.2 Å². The van der Waals surface area contributed by atoms with Gasteiger partial charge in [0.15, 0.2) is 0 Å². The Morgan fingerprint density at radius 2 is 0.990 bits per heavy atom. The maximum Gasteiger partial charge on any atom is 0.410 e. The number of epoxide rings is 1. The first-order chi connectivity index (χ1) is 45.2. The van der Waals surface area contributed by atoms with Gasteiger partial charge < -0.3 is 55.4 Å². The van der Waals surface area contributed by atoms with Crippen LogP contribution in [-0.4, -0.2) is 131 Å². The molecule has 0 bridgehead atoms. The van der Waals surface area contributed by atoms with E-state index in [-0.39, 0.29) is 50.6 Å². The van der Waals surface area contributed by atoms with Gasteiger partial charge in [-0.15, -0.1) is 0 Å². The van der Waals surface area contributed by atoms with Crippen LogP contribution in [-0.2, 0) is 47.5 Å². The van der Waals surface area contributed by atoms with Gasteiger partial charge >= 0.3 is 6.09 Å². The number of fused-ring (bicyclic) bond motifs is 3. The molecule has 6 atom stereocenters. The fourth-order valence-electron chi connectivity index (χ4n) is 7.99. The van der Waals surface area contributed by atoms with Crippen LogP contribution in [0.5, 0.6) is 17.2 Å². The second-order valence-electron chi connectivity index (χ2n) is 22.6. The molecule has 0 saturated carbocycles. The molecule has 1 fully saturated rings. The molecule has 10 heterocycles. The number of halogens is 10. The van der Waals surface area contributed by atoms with Gasteiger partial charge in [-0.2, -0.15) is 0 Å². The van der Waals surface area contributed by atoms with E-state index in [1.165, 1.54) is 18.7 Å². The van der Waals surface area contributed by atoms with Crippen LogP contribution < -0.4 is 30.6 Å². The van der Waals surface area contributed by atoms with E-state index < -0.39 is 5.60 Å². The molecule has 4 aliphatic rings. The molecule has 4 aliphatic heterocycles. The standard InChI is InChI=1S/C15H21ClN2O3.C11H15Cl2NO.2C10H13ClN2O.C6H4BrCl2N.C6H5Cl2NO.C4H11NO.C4H8O.CH4/c1-5-11-9-18(14(19)21-15(2,3)4)8-10-7-17-13(16)6-12(10)20-11;1-2-9(15)5-3-4-8-7-14-11(13)6-10(8)12;2*1-2-8-6-12-4-7-5-13-10(11)3-9(7)14-8;7-2-4-3-10-6(9)1-5(4)8;7-5-1-6(8)9-2-4(5)3-10;1-2-4(6)3-5;1-2-4-3-5-4;/h6-7,11H,5,8-9H2,1-4H3;6-7,9,15H,2-5H2,1H3;2*3,5,8,12H,2,4,6H2,1H3;1,3H,2H2;1-2,10H,3H2;4,6H,2-3,5H2,1H3;4H,2-3H2,1H3;1H4/t11-;9-;2*8-;;;2*4-;/m1111..11./s1. The highest BCUT2D eigenvalue weighted by Gasteiger charge is 2.29. The fraction of sp³-hybridized carbons (Fsp3) is 0.537. The summed E-state index contributed by atoms with van der Waals surface area (Å²) in [5, 5.41) is 38.2. The first kappa shape index (κ1) is 88.5. The van der Waals surface area contributed by atoms with Gasteiger partial charge in [0.05, 0.1) is 49.6 Å². The number of hydrogen-bond acceptors (Lipinski definition) is 18. The molecule has 19 nitrogen and oxygen atoms in total. The summed E-state index contributed by atoms with van der Waals surface area (Å²) in [7, 11) is 0. The molecule has 0 aromatic carbocycles. The Hall–Kier alpha value is -3.62. The van der Waals surface area contributed by atoms with E-state index in [2.05, 4.69) is 77.2 Å². The number of rotatable bonds is 13. The number of nitrogens with two attached hydrogens (primary N) is 1. The number of amides is 1. The first-order valence-electron chi connectivity index (χ1n) is 31.3. The summed E-state index contributed by atoms with van der Waals surface area (Å²) in [5.41, 5.74) is 10.0. The first-order valence-corrected chi connectivity index (χ1v) is 35.8. The van der Waals surface area contributed by atoms with Gasteiger partial charge in [0.25, 0.3) is 0 Å². The van der Waals surface area contributed by atoms with Gasteiger partial charge in [-0.25, -0.2) is 34.7 Å². The second-order valence-corrected chi connectivity index (χ2v) is 26.7. The van der Waals surface area contributed by atoms with Gasteiger partial charge in [0.1, 0.15) is 72.1 Å². The van der Waals surface area contributed by atoms with Crippen molar-refractivity contribution in [3.05, 3.63) is 153 Å². The summed E-state index contributed by atoms with van der Waals surface area (Å²) in [4.78, 5) is 37.7. The smallest absolute Gasteiger partial charge is 0.410 e. The summed E-state index contributed by atoms with van der Waals surface area (Å²) in [6.45, 7) is 23.3. The number of carbonyl (C=O) groups is 1.